The Morgan fingerprint density at radius 3 is 2.32 bits per heavy atom. The van der Waals surface area contributed by atoms with Crippen LogP contribution < -0.4 is 10.7 Å². The van der Waals surface area contributed by atoms with Crippen LogP contribution >= 0.6 is 0 Å². The van der Waals surface area contributed by atoms with Gasteiger partial charge in [0.1, 0.15) is 0 Å². The largest absolute Gasteiger partial charge is 0.329 e. The Kier molecular flexibility index (Phi) is 5.03. The molecule has 0 aliphatic carbocycles. The van der Waals surface area contributed by atoms with Crippen molar-refractivity contribution in [1.29, 1.82) is 0 Å². The number of benzene rings is 2. The molecule has 2 N–H and O–H groups in total. The fourth-order valence-corrected chi connectivity index (χ4v) is 1.76. The first-order valence-corrected chi connectivity index (χ1v) is 6.83. The summed E-state index contributed by atoms with van der Waals surface area (Å²) in [5.74, 6) is -1.57. The van der Waals surface area contributed by atoms with E-state index in [1.165, 1.54) is 6.21 Å². The van der Waals surface area contributed by atoms with Crippen molar-refractivity contribution in [2.24, 2.45) is 5.10 Å². The molecule has 22 heavy (non-hydrogen) atoms. The van der Waals surface area contributed by atoms with Crippen molar-refractivity contribution in [2.45, 2.75) is 13.8 Å². The lowest BCUT2D eigenvalue weighted by Crippen LogP contribution is -2.32. The topological polar surface area (TPSA) is 70.6 Å². The van der Waals surface area contributed by atoms with Crippen molar-refractivity contribution >= 4 is 23.7 Å². The Morgan fingerprint density at radius 1 is 0.955 bits per heavy atom. The smallest absolute Gasteiger partial charge is 0.317 e. The Hall–Kier alpha value is -2.95. The van der Waals surface area contributed by atoms with Gasteiger partial charge in [0, 0.05) is 5.69 Å². The molecule has 2 aromatic carbocycles. The molecule has 5 nitrogen and oxygen atoms in total. The normalized spacial score (nSPS) is 10.5. The zero-order valence-electron chi connectivity index (χ0n) is 12.5. The molecule has 5 heteroatoms. The third-order valence-electron chi connectivity index (χ3n) is 3.06. The average molecular weight is 295 g/mol. The maximum absolute atomic E-state index is 11.8. The van der Waals surface area contributed by atoms with E-state index in [-0.39, 0.29) is 0 Å². The standard InChI is InChI=1S/C17H17N3O2/c1-12-7-9-14(10-8-12)11-18-20-17(22)16(21)19-15-6-4-3-5-13(15)2/h3-11H,1-2H3,(H,19,21)(H,20,22)/b18-11+. The maximum atomic E-state index is 11.8. The van der Waals surface area contributed by atoms with Crippen LogP contribution in [0, 0.1) is 13.8 Å². The average Bonchev–Trinajstić information content (AvgIpc) is 2.51. The Bertz CT molecular complexity index is 706. The van der Waals surface area contributed by atoms with E-state index >= 15 is 0 Å². The van der Waals surface area contributed by atoms with Crippen LogP contribution in [-0.4, -0.2) is 18.0 Å². The molecule has 0 aliphatic rings. The minimum absolute atomic E-state index is 0.602. The first-order valence-electron chi connectivity index (χ1n) is 6.83. The van der Waals surface area contributed by atoms with Crippen LogP contribution in [0.15, 0.2) is 53.6 Å². The van der Waals surface area contributed by atoms with Gasteiger partial charge in [0.25, 0.3) is 0 Å². The zero-order chi connectivity index (χ0) is 15.9. The number of carbonyl (C=O) groups is 2. The molecule has 0 heterocycles. The van der Waals surface area contributed by atoms with E-state index in [1.807, 2.05) is 50.2 Å². The van der Waals surface area contributed by atoms with E-state index in [9.17, 15) is 9.59 Å². The van der Waals surface area contributed by atoms with Gasteiger partial charge in [-0.1, -0.05) is 48.0 Å². The van der Waals surface area contributed by atoms with Crippen molar-refractivity contribution in [3.8, 4) is 0 Å². The number of carbonyl (C=O) groups excluding carboxylic acids is 2. The molecule has 0 saturated heterocycles. The molecule has 0 unspecified atom stereocenters. The van der Waals surface area contributed by atoms with E-state index in [2.05, 4.69) is 15.8 Å². The van der Waals surface area contributed by atoms with Gasteiger partial charge >= 0.3 is 11.8 Å². The summed E-state index contributed by atoms with van der Waals surface area (Å²) in [6, 6.07) is 14.9. The van der Waals surface area contributed by atoms with Crippen molar-refractivity contribution < 1.29 is 9.59 Å². The van der Waals surface area contributed by atoms with Crippen LogP contribution in [0.4, 0.5) is 5.69 Å². The number of amides is 2. The molecule has 112 valence electrons. The summed E-state index contributed by atoms with van der Waals surface area (Å²) in [5, 5.41) is 6.31. The predicted molar refractivity (Wildman–Crippen MR) is 86.7 cm³/mol. The molecule has 0 aliphatic heterocycles. The Morgan fingerprint density at radius 2 is 1.64 bits per heavy atom. The van der Waals surface area contributed by atoms with Gasteiger partial charge in [0.2, 0.25) is 0 Å². The summed E-state index contributed by atoms with van der Waals surface area (Å²) >= 11 is 0. The second-order valence-corrected chi connectivity index (χ2v) is 4.88. The molecule has 0 bridgehead atoms. The molecule has 2 rings (SSSR count). The monoisotopic (exact) mass is 295 g/mol. The second-order valence-electron chi connectivity index (χ2n) is 4.88. The summed E-state index contributed by atoms with van der Waals surface area (Å²) in [6.07, 6.45) is 1.48. The number of hydrazone groups is 1. The van der Waals surface area contributed by atoms with Gasteiger partial charge in [-0.15, -0.1) is 0 Å². The number of nitrogens with one attached hydrogen (secondary N) is 2. The molecular formula is C17H17N3O2. The molecule has 0 atom stereocenters. The van der Waals surface area contributed by atoms with Crippen molar-refractivity contribution in [3.63, 3.8) is 0 Å². The molecular weight excluding hydrogens is 278 g/mol. The quantitative estimate of drug-likeness (QED) is 0.518. The third kappa shape index (κ3) is 4.28. The number of hydrogen-bond acceptors (Lipinski definition) is 3. The fraction of sp³-hybridized carbons (Fsp3) is 0.118. The molecule has 0 aromatic heterocycles. The van der Waals surface area contributed by atoms with Crippen LogP contribution in [0.3, 0.4) is 0 Å². The highest BCUT2D eigenvalue weighted by atomic mass is 16.2. The summed E-state index contributed by atoms with van der Waals surface area (Å²) in [6.45, 7) is 3.83. The van der Waals surface area contributed by atoms with Gasteiger partial charge in [-0.05, 0) is 31.0 Å². The van der Waals surface area contributed by atoms with E-state index in [1.54, 1.807) is 12.1 Å². The van der Waals surface area contributed by atoms with Gasteiger partial charge < -0.3 is 5.32 Å². The van der Waals surface area contributed by atoms with E-state index in [4.69, 9.17) is 0 Å². The lowest BCUT2D eigenvalue weighted by Gasteiger charge is -2.06. The Balaban J connectivity index is 1.90. The lowest BCUT2D eigenvalue weighted by molar-refractivity contribution is -0.136. The van der Waals surface area contributed by atoms with Crippen LogP contribution in [0.2, 0.25) is 0 Å². The second kappa shape index (κ2) is 7.17. The van der Waals surface area contributed by atoms with Gasteiger partial charge in [-0.3, -0.25) is 9.59 Å². The molecule has 0 saturated carbocycles. The van der Waals surface area contributed by atoms with Crippen molar-refractivity contribution in [2.75, 3.05) is 5.32 Å². The van der Waals surface area contributed by atoms with E-state index < -0.39 is 11.8 Å². The maximum Gasteiger partial charge on any atom is 0.329 e. The van der Waals surface area contributed by atoms with Crippen molar-refractivity contribution in [3.05, 3.63) is 65.2 Å². The number of hydrogen-bond donors (Lipinski definition) is 2. The first kappa shape index (κ1) is 15.4. The van der Waals surface area contributed by atoms with Gasteiger partial charge in [-0.2, -0.15) is 5.10 Å². The predicted octanol–water partition coefficient (Wildman–Crippen LogP) is 2.39. The van der Waals surface area contributed by atoms with Crippen LogP contribution in [0.25, 0.3) is 0 Å². The highest BCUT2D eigenvalue weighted by molar-refractivity contribution is 6.39. The summed E-state index contributed by atoms with van der Waals surface area (Å²) in [5.41, 5.74) is 5.66. The molecule has 2 amide bonds. The number of nitrogens with zero attached hydrogens (tertiary/aromatic N) is 1. The lowest BCUT2D eigenvalue weighted by atomic mass is 10.2. The highest BCUT2D eigenvalue weighted by Gasteiger charge is 2.13. The number of aryl methyl sites for hydroxylation is 2. The Labute approximate surface area is 129 Å². The van der Waals surface area contributed by atoms with Gasteiger partial charge in [0.15, 0.2) is 0 Å². The van der Waals surface area contributed by atoms with Crippen LogP contribution in [-0.2, 0) is 9.59 Å². The zero-order valence-corrected chi connectivity index (χ0v) is 12.5. The van der Waals surface area contributed by atoms with E-state index in [0.717, 1.165) is 16.7 Å². The van der Waals surface area contributed by atoms with Gasteiger partial charge in [0.05, 0.1) is 6.21 Å². The number of rotatable bonds is 3. The van der Waals surface area contributed by atoms with Crippen LogP contribution in [0.1, 0.15) is 16.7 Å². The summed E-state index contributed by atoms with van der Waals surface area (Å²) < 4.78 is 0. The fourth-order valence-electron chi connectivity index (χ4n) is 1.76. The molecule has 0 radical (unpaired) electrons. The minimum Gasteiger partial charge on any atom is -0.317 e. The van der Waals surface area contributed by atoms with Gasteiger partial charge in [-0.25, -0.2) is 5.43 Å². The summed E-state index contributed by atoms with van der Waals surface area (Å²) in [4.78, 5) is 23.4. The molecule has 2 aromatic rings. The number of anilines is 1. The molecule has 0 spiro atoms. The van der Waals surface area contributed by atoms with Crippen LogP contribution in [0.5, 0.6) is 0 Å². The van der Waals surface area contributed by atoms with Crippen molar-refractivity contribution in [1.82, 2.24) is 5.43 Å². The SMILES string of the molecule is Cc1ccc(/C=N/NC(=O)C(=O)Nc2ccccc2C)cc1. The number of para-hydroxylation sites is 1. The minimum atomic E-state index is -0.813. The first-order chi connectivity index (χ1) is 10.6. The molecule has 0 fully saturated rings. The third-order valence-corrected chi connectivity index (χ3v) is 3.06. The van der Waals surface area contributed by atoms with E-state index in [0.29, 0.717) is 5.69 Å². The summed E-state index contributed by atoms with van der Waals surface area (Å²) in [7, 11) is 0. The highest BCUT2D eigenvalue weighted by Crippen LogP contribution is 2.12.